The molecule has 0 bridgehead atoms. The van der Waals surface area contributed by atoms with Crippen molar-refractivity contribution in [2.75, 3.05) is 18.9 Å². The molecule has 1 N–H and O–H groups in total. The van der Waals surface area contributed by atoms with Crippen molar-refractivity contribution in [1.82, 2.24) is 4.72 Å². The molecular weight excluding hydrogens is 274 g/mol. The van der Waals surface area contributed by atoms with Crippen LogP contribution in [-0.2, 0) is 14.8 Å². The van der Waals surface area contributed by atoms with Crippen LogP contribution in [0.25, 0.3) is 0 Å². The molecule has 0 saturated carbocycles. The summed E-state index contributed by atoms with van der Waals surface area (Å²) in [6, 6.07) is 0. The summed E-state index contributed by atoms with van der Waals surface area (Å²) in [4.78, 5) is 0. The number of halogens is 1. The third-order valence-electron chi connectivity index (χ3n) is 2.79. The summed E-state index contributed by atoms with van der Waals surface area (Å²) in [5.74, 6) is 0.0477. The van der Waals surface area contributed by atoms with Crippen LogP contribution in [0.1, 0.15) is 40.0 Å². The lowest BCUT2D eigenvalue weighted by Crippen LogP contribution is -2.36. The Hall–Kier alpha value is 0.160. The van der Waals surface area contributed by atoms with E-state index < -0.39 is 10.0 Å². The summed E-state index contributed by atoms with van der Waals surface area (Å²) < 4.78 is 31.5. The second-order valence-electron chi connectivity index (χ2n) is 6.13. The first-order valence-electron chi connectivity index (χ1n) is 6.41. The molecule has 1 aliphatic rings. The van der Waals surface area contributed by atoms with Crippen molar-refractivity contribution in [1.29, 1.82) is 0 Å². The first-order valence-corrected chi connectivity index (χ1v) is 8.50. The zero-order valence-electron chi connectivity index (χ0n) is 11.4. The Morgan fingerprint density at radius 2 is 2.11 bits per heavy atom. The van der Waals surface area contributed by atoms with E-state index in [0.717, 1.165) is 19.3 Å². The molecule has 2 unspecified atom stereocenters. The van der Waals surface area contributed by atoms with E-state index >= 15 is 0 Å². The Labute approximate surface area is 115 Å². The van der Waals surface area contributed by atoms with Gasteiger partial charge in [-0.05, 0) is 24.7 Å². The molecule has 6 heteroatoms. The molecule has 1 heterocycles. The van der Waals surface area contributed by atoms with Gasteiger partial charge in [0, 0.05) is 18.5 Å². The Kier molecular flexibility index (Phi) is 5.90. The summed E-state index contributed by atoms with van der Waals surface area (Å²) >= 11 is 6.13. The maximum atomic E-state index is 11.8. The molecule has 108 valence electrons. The highest BCUT2D eigenvalue weighted by Gasteiger charge is 2.24. The van der Waals surface area contributed by atoms with E-state index in [9.17, 15) is 8.42 Å². The van der Waals surface area contributed by atoms with Gasteiger partial charge in [-0.3, -0.25) is 0 Å². The Morgan fingerprint density at radius 3 is 2.61 bits per heavy atom. The molecule has 1 rings (SSSR count). The second-order valence-corrected chi connectivity index (χ2v) is 8.60. The quantitative estimate of drug-likeness (QED) is 0.764. The molecule has 0 amide bonds. The van der Waals surface area contributed by atoms with E-state index in [1.165, 1.54) is 0 Å². The first kappa shape index (κ1) is 16.2. The van der Waals surface area contributed by atoms with Gasteiger partial charge in [-0.15, -0.1) is 11.6 Å². The van der Waals surface area contributed by atoms with Gasteiger partial charge < -0.3 is 4.74 Å². The molecule has 0 radical (unpaired) electrons. The molecule has 0 spiro atoms. The Balaban J connectivity index is 2.32. The predicted octanol–water partition coefficient (Wildman–Crippen LogP) is 2.13. The van der Waals surface area contributed by atoms with Crippen molar-refractivity contribution in [2.45, 2.75) is 51.5 Å². The van der Waals surface area contributed by atoms with Crippen LogP contribution >= 0.6 is 11.6 Å². The third kappa shape index (κ3) is 6.92. The molecule has 0 aromatic rings. The molecule has 4 nitrogen and oxygen atoms in total. The van der Waals surface area contributed by atoms with E-state index in [1.807, 2.05) is 0 Å². The first-order chi connectivity index (χ1) is 8.18. The Morgan fingerprint density at radius 1 is 1.44 bits per heavy atom. The number of hydrogen-bond acceptors (Lipinski definition) is 3. The molecule has 2 atom stereocenters. The van der Waals surface area contributed by atoms with Crippen molar-refractivity contribution in [2.24, 2.45) is 5.41 Å². The standard InChI is InChI=1S/C12H24ClNO3S/c1-12(2,3)7-10(13)8-14-18(15,16)9-11-5-4-6-17-11/h10-11,14H,4-9H2,1-3H3. The second kappa shape index (κ2) is 6.55. The normalized spacial score (nSPS) is 23.2. The monoisotopic (exact) mass is 297 g/mol. The van der Waals surface area contributed by atoms with Crippen LogP contribution in [0.4, 0.5) is 0 Å². The number of hydrogen-bond donors (Lipinski definition) is 1. The maximum absolute atomic E-state index is 11.8. The average molecular weight is 298 g/mol. The van der Waals surface area contributed by atoms with E-state index in [1.54, 1.807) is 0 Å². The average Bonchev–Trinajstić information content (AvgIpc) is 2.64. The fraction of sp³-hybridized carbons (Fsp3) is 1.00. The minimum atomic E-state index is -3.28. The minimum absolute atomic E-state index is 0.0477. The largest absolute Gasteiger partial charge is 0.377 e. The molecule has 1 aliphatic heterocycles. The van der Waals surface area contributed by atoms with Crippen molar-refractivity contribution >= 4 is 21.6 Å². The fourth-order valence-electron chi connectivity index (χ4n) is 2.03. The summed E-state index contributed by atoms with van der Waals surface area (Å²) in [5.41, 5.74) is 0.104. The van der Waals surface area contributed by atoms with Crippen molar-refractivity contribution < 1.29 is 13.2 Å². The fourth-order valence-corrected chi connectivity index (χ4v) is 3.99. The zero-order valence-corrected chi connectivity index (χ0v) is 13.0. The van der Waals surface area contributed by atoms with Gasteiger partial charge in [-0.2, -0.15) is 0 Å². The molecular formula is C12H24ClNO3S. The smallest absolute Gasteiger partial charge is 0.214 e. The van der Waals surface area contributed by atoms with E-state index in [0.29, 0.717) is 6.61 Å². The maximum Gasteiger partial charge on any atom is 0.214 e. The summed E-state index contributed by atoms with van der Waals surface area (Å²) in [6.07, 6.45) is 2.39. The number of rotatable bonds is 6. The highest BCUT2D eigenvalue weighted by atomic mass is 35.5. The van der Waals surface area contributed by atoms with Gasteiger partial charge in [-0.25, -0.2) is 13.1 Å². The van der Waals surface area contributed by atoms with E-state index in [-0.39, 0.29) is 29.2 Å². The van der Waals surface area contributed by atoms with Crippen LogP contribution in [0, 0.1) is 5.41 Å². The van der Waals surface area contributed by atoms with E-state index in [4.69, 9.17) is 16.3 Å². The van der Waals surface area contributed by atoms with Gasteiger partial charge in [0.2, 0.25) is 10.0 Å². The molecule has 18 heavy (non-hydrogen) atoms. The van der Waals surface area contributed by atoms with Crippen LogP contribution in [0.15, 0.2) is 0 Å². The van der Waals surface area contributed by atoms with Gasteiger partial charge in [0.05, 0.1) is 11.9 Å². The van der Waals surface area contributed by atoms with Crippen molar-refractivity contribution in [3.8, 4) is 0 Å². The molecule has 0 aromatic heterocycles. The highest BCUT2D eigenvalue weighted by molar-refractivity contribution is 7.89. The van der Waals surface area contributed by atoms with Crippen molar-refractivity contribution in [3.63, 3.8) is 0 Å². The number of alkyl halides is 1. The highest BCUT2D eigenvalue weighted by Crippen LogP contribution is 2.23. The lowest BCUT2D eigenvalue weighted by Gasteiger charge is -2.22. The lowest BCUT2D eigenvalue weighted by atomic mass is 9.90. The van der Waals surface area contributed by atoms with Gasteiger partial charge in [0.15, 0.2) is 0 Å². The third-order valence-corrected chi connectivity index (χ3v) is 4.51. The molecule has 1 saturated heterocycles. The van der Waals surface area contributed by atoms with Gasteiger partial charge in [-0.1, -0.05) is 20.8 Å². The lowest BCUT2D eigenvalue weighted by molar-refractivity contribution is 0.127. The number of ether oxygens (including phenoxy) is 1. The van der Waals surface area contributed by atoms with Gasteiger partial charge in [0.1, 0.15) is 0 Å². The van der Waals surface area contributed by atoms with Crippen LogP contribution < -0.4 is 4.72 Å². The van der Waals surface area contributed by atoms with Crippen LogP contribution in [0.2, 0.25) is 0 Å². The SMILES string of the molecule is CC(C)(C)CC(Cl)CNS(=O)(=O)CC1CCCO1. The number of nitrogens with one attached hydrogen (secondary N) is 1. The van der Waals surface area contributed by atoms with Gasteiger partial charge in [0.25, 0.3) is 0 Å². The van der Waals surface area contributed by atoms with E-state index in [2.05, 4.69) is 25.5 Å². The summed E-state index contributed by atoms with van der Waals surface area (Å²) in [5, 5.41) is -0.177. The van der Waals surface area contributed by atoms with Crippen LogP contribution in [-0.4, -0.2) is 38.8 Å². The predicted molar refractivity (Wildman–Crippen MR) is 74.5 cm³/mol. The summed E-state index contributed by atoms with van der Waals surface area (Å²) in [6.45, 7) is 7.21. The van der Waals surface area contributed by atoms with Gasteiger partial charge >= 0.3 is 0 Å². The minimum Gasteiger partial charge on any atom is -0.377 e. The molecule has 1 fully saturated rings. The van der Waals surface area contributed by atoms with Crippen LogP contribution in [0.5, 0.6) is 0 Å². The molecule has 0 aromatic carbocycles. The zero-order chi connectivity index (χ0) is 13.8. The molecule has 0 aliphatic carbocycles. The number of sulfonamides is 1. The topological polar surface area (TPSA) is 55.4 Å². The Bertz CT molecular complexity index is 345. The van der Waals surface area contributed by atoms with Crippen molar-refractivity contribution in [3.05, 3.63) is 0 Å². The summed E-state index contributed by atoms with van der Waals surface area (Å²) in [7, 11) is -3.28. The van der Waals surface area contributed by atoms with Crippen LogP contribution in [0.3, 0.4) is 0 Å².